The standard InChI is InChI=1S/C13H22N2O6.K/c16-10(14-8-12(18)19)6-4-2-1-3-5-7-11(17)15-9-13(20)21;/h1-9H2,(H,14,16)(H,15,17)(H,18,19)(H,20,21);. The number of carboxylic acids is 2. The first-order chi connectivity index (χ1) is 9.91. The van der Waals surface area contributed by atoms with E-state index in [1.54, 1.807) is 0 Å². The molecule has 0 spiro atoms. The minimum absolute atomic E-state index is 0. The van der Waals surface area contributed by atoms with Crippen LogP contribution >= 0.6 is 0 Å². The van der Waals surface area contributed by atoms with Crippen molar-refractivity contribution in [3.8, 4) is 0 Å². The van der Waals surface area contributed by atoms with Crippen molar-refractivity contribution < 1.29 is 29.4 Å². The molecule has 8 nitrogen and oxygen atoms in total. The predicted octanol–water partition coefficient (Wildman–Crippen LogP) is -0.262. The van der Waals surface area contributed by atoms with Crippen molar-refractivity contribution in [1.82, 2.24) is 10.6 Å². The van der Waals surface area contributed by atoms with E-state index in [1.807, 2.05) is 0 Å². The molecule has 4 N–H and O–H groups in total. The molecule has 22 heavy (non-hydrogen) atoms. The van der Waals surface area contributed by atoms with Gasteiger partial charge in [-0.3, -0.25) is 19.2 Å². The molecule has 0 aliphatic carbocycles. The van der Waals surface area contributed by atoms with Crippen LogP contribution < -0.4 is 10.6 Å². The Kier molecular flexibility index (Phi) is 16.7. The number of carboxylic acid groups (broad SMARTS) is 2. The van der Waals surface area contributed by atoms with Crippen LogP contribution in [-0.4, -0.2) is 98.4 Å². The van der Waals surface area contributed by atoms with Gasteiger partial charge in [0, 0.05) is 64.2 Å². The van der Waals surface area contributed by atoms with E-state index >= 15 is 0 Å². The van der Waals surface area contributed by atoms with E-state index in [0.29, 0.717) is 25.7 Å². The van der Waals surface area contributed by atoms with Crippen molar-refractivity contribution in [2.75, 3.05) is 13.1 Å². The Morgan fingerprint density at radius 1 is 0.636 bits per heavy atom. The van der Waals surface area contributed by atoms with Gasteiger partial charge in [0.05, 0.1) is 0 Å². The number of carbonyl (C=O) groups excluding carboxylic acids is 2. The normalized spacial score (nSPS) is 9.45. The van der Waals surface area contributed by atoms with Gasteiger partial charge >= 0.3 is 11.9 Å². The summed E-state index contributed by atoms with van der Waals surface area (Å²) in [4.78, 5) is 42.8. The fourth-order valence-electron chi connectivity index (χ4n) is 1.63. The van der Waals surface area contributed by atoms with Crippen LogP contribution in [0.3, 0.4) is 0 Å². The van der Waals surface area contributed by atoms with E-state index in [0.717, 1.165) is 19.3 Å². The molecule has 0 heterocycles. The fourth-order valence-corrected chi connectivity index (χ4v) is 1.63. The summed E-state index contributed by atoms with van der Waals surface area (Å²) < 4.78 is 0. The summed E-state index contributed by atoms with van der Waals surface area (Å²) in [5.74, 6) is -2.68. The molecular weight excluding hydrogens is 319 g/mol. The summed E-state index contributed by atoms with van der Waals surface area (Å²) in [5, 5.41) is 21.3. The number of hydrogen-bond donors (Lipinski definition) is 4. The summed E-state index contributed by atoms with van der Waals surface area (Å²) in [5.41, 5.74) is 0. The second-order valence-electron chi connectivity index (χ2n) is 4.61. The van der Waals surface area contributed by atoms with Crippen molar-refractivity contribution in [2.24, 2.45) is 0 Å². The van der Waals surface area contributed by atoms with Gasteiger partial charge in [0.25, 0.3) is 0 Å². The Morgan fingerprint density at radius 2 is 0.955 bits per heavy atom. The average Bonchev–Trinajstić information content (AvgIpc) is 2.41. The maximum absolute atomic E-state index is 11.2. The molecule has 0 aromatic carbocycles. The second kappa shape index (κ2) is 15.4. The van der Waals surface area contributed by atoms with Crippen molar-refractivity contribution in [1.29, 1.82) is 0 Å². The zero-order valence-electron chi connectivity index (χ0n) is 12.9. The molecule has 1 radical (unpaired) electrons. The first kappa shape index (κ1) is 23.8. The zero-order valence-corrected chi connectivity index (χ0v) is 16.0. The molecule has 0 unspecified atom stereocenters. The van der Waals surface area contributed by atoms with E-state index in [-0.39, 0.29) is 76.3 Å². The van der Waals surface area contributed by atoms with Crippen LogP contribution in [0.1, 0.15) is 44.9 Å². The van der Waals surface area contributed by atoms with Crippen LogP contribution in [0.25, 0.3) is 0 Å². The van der Waals surface area contributed by atoms with Crippen molar-refractivity contribution in [2.45, 2.75) is 44.9 Å². The average molecular weight is 341 g/mol. The van der Waals surface area contributed by atoms with Crippen LogP contribution in [0.5, 0.6) is 0 Å². The number of amides is 2. The molecule has 0 atom stereocenters. The quantitative estimate of drug-likeness (QED) is 0.285. The van der Waals surface area contributed by atoms with Crippen molar-refractivity contribution >= 4 is 75.1 Å². The van der Waals surface area contributed by atoms with Gasteiger partial charge in [0.2, 0.25) is 11.8 Å². The zero-order chi connectivity index (χ0) is 16.1. The summed E-state index contributed by atoms with van der Waals surface area (Å²) in [6, 6.07) is 0. The summed E-state index contributed by atoms with van der Waals surface area (Å²) in [6.07, 6.45) is 4.49. The molecule has 0 fully saturated rings. The summed E-state index contributed by atoms with van der Waals surface area (Å²) in [6.45, 7) is -0.714. The molecule has 0 aliphatic heterocycles. The van der Waals surface area contributed by atoms with E-state index < -0.39 is 11.9 Å². The molecule has 0 aromatic heterocycles. The van der Waals surface area contributed by atoms with Gasteiger partial charge in [-0.25, -0.2) is 0 Å². The fraction of sp³-hybridized carbons (Fsp3) is 0.692. The summed E-state index contributed by atoms with van der Waals surface area (Å²) in [7, 11) is 0. The van der Waals surface area contributed by atoms with Crippen LogP contribution in [0.2, 0.25) is 0 Å². The number of nitrogens with one attached hydrogen (secondary N) is 2. The van der Waals surface area contributed by atoms with Crippen LogP contribution in [0.4, 0.5) is 0 Å². The molecule has 0 rings (SSSR count). The van der Waals surface area contributed by atoms with E-state index in [2.05, 4.69) is 10.6 Å². The number of unbranched alkanes of at least 4 members (excludes halogenated alkanes) is 4. The maximum Gasteiger partial charge on any atom is 0.322 e. The molecule has 0 aliphatic rings. The minimum Gasteiger partial charge on any atom is -0.480 e. The number of carbonyl (C=O) groups is 4. The van der Waals surface area contributed by atoms with E-state index in [1.165, 1.54) is 0 Å². The summed E-state index contributed by atoms with van der Waals surface area (Å²) >= 11 is 0. The first-order valence-electron chi connectivity index (χ1n) is 6.89. The predicted molar refractivity (Wildman–Crippen MR) is 79.4 cm³/mol. The van der Waals surface area contributed by atoms with E-state index in [9.17, 15) is 19.2 Å². The SMILES string of the molecule is O=C(O)CNC(=O)CCCCCCCC(=O)NCC(=O)O.[K]. The molecule has 2 amide bonds. The number of aliphatic carboxylic acids is 2. The Labute approximate surface area is 171 Å². The largest absolute Gasteiger partial charge is 0.480 e. The van der Waals surface area contributed by atoms with Gasteiger partial charge in [-0.05, 0) is 12.8 Å². The Hall–Kier alpha value is -0.484. The van der Waals surface area contributed by atoms with Gasteiger partial charge in [-0.15, -0.1) is 0 Å². The van der Waals surface area contributed by atoms with Gasteiger partial charge in [0.15, 0.2) is 0 Å². The van der Waals surface area contributed by atoms with Crippen molar-refractivity contribution in [3.63, 3.8) is 0 Å². The van der Waals surface area contributed by atoms with Gasteiger partial charge < -0.3 is 20.8 Å². The van der Waals surface area contributed by atoms with Gasteiger partial charge in [-0.2, -0.15) is 0 Å². The number of hydrogen-bond acceptors (Lipinski definition) is 4. The Morgan fingerprint density at radius 3 is 1.27 bits per heavy atom. The Balaban J connectivity index is 0. The van der Waals surface area contributed by atoms with Crippen LogP contribution in [0, 0.1) is 0 Å². The third kappa shape index (κ3) is 17.6. The van der Waals surface area contributed by atoms with Crippen molar-refractivity contribution in [3.05, 3.63) is 0 Å². The minimum atomic E-state index is -1.07. The molecule has 0 saturated heterocycles. The maximum atomic E-state index is 11.2. The second-order valence-corrected chi connectivity index (χ2v) is 4.61. The van der Waals surface area contributed by atoms with Gasteiger partial charge in [-0.1, -0.05) is 19.3 Å². The first-order valence-corrected chi connectivity index (χ1v) is 6.89. The number of rotatable bonds is 12. The Bertz CT molecular complexity index is 342. The molecule has 0 bridgehead atoms. The van der Waals surface area contributed by atoms with E-state index in [4.69, 9.17) is 10.2 Å². The molecule has 0 saturated carbocycles. The third-order valence-electron chi connectivity index (χ3n) is 2.68. The van der Waals surface area contributed by atoms with Crippen LogP contribution in [0.15, 0.2) is 0 Å². The van der Waals surface area contributed by atoms with Crippen LogP contribution in [-0.2, 0) is 19.2 Å². The monoisotopic (exact) mass is 341 g/mol. The molecule has 9 heteroatoms. The molecule has 121 valence electrons. The molecular formula is C13H22KN2O6. The molecule has 0 aromatic rings. The van der Waals surface area contributed by atoms with Gasteiger partial charge in [0.1, 0.15) is 13.1 Å². The smallest absolute Gasteiger partial charge is 0.322 e. The topological polar surface area (TPSA) is 133 Å². The third-order valence-corrected chi connectivity index (χ3v) is 2.68.